The summed E-state index contributed by atoms with van der Waals surface area (Å²) in [6.07, 6.45) is 4.61. The summed E-state index contributed by atoms with van der Waals surface area (Å²) in [7, 11) is 1.76. The van der Waals surface area contributed by atoms with Crippen molar-refractivity contribution in [2.75, 3.05) is 20.2 Å². The lowest BCUT2D eigenvalue weighted by Crippen LogP contribution is -2.40. The van der Waals surface area contributed by atoms with Gasteiger partial charge in [0.25, 0.3) is 0 Å². The molecule has 0 amide bonds. The quantitative estimate of drug-likeness (QED) is 0.557. The van der Waals surface area contributed by atoms with Crippen LogP contribution in [0.4, 0.5) is 0 Å². The van der Waals surface area contributed by atoms with Gasteiger partial charge in [0.15, 0.2) is 0 Å². The summed E-state index contributed by atoms with van der Waals surface area (Å²) in [6.45, 7) is 6.53. The predicted molar refractivity (Wildman–Crippen MR) is 46.6 cm³/mol. The molecule has 0 saturated carbocycles. The molecule has 1 atom stereocenters. The van der Waals surface area contributed by atoms with Crippen LogP contribution in [0.1, 0.15) is 13.8 Å². The second-order valence-corrected chi connectivity index (χ2v) is 3.25. The molecule has 0 radical (unpaired) electrons. The molecule has 1 rings (SSSR count). The van der Waals surface area contributed by atoms with E-state index in [2.05, 4.69) is 30.9 Å². The molecule has 64 valence electrons. The first-order chi connectivity index (χ1) is 5.24. The molecule has 1 unspecified atom stereocenters. The Hall–Kier alpha value is -0.340. The topological polar surface area (TPSA) is 12.5 Å². The van der Waals surface area contributed by atoms with Gasteiger partial charge in [0.05, 0.1) is 6.10 Å². The van der Waals surface area contributed by atoms with Gasteiger partial charge in [-0.25, -0.2) is 0 Å². The summed E-state index contributed by atoms with van der Waals surface area (Å²) in [6, 6.07) is 0.623. The highest BCUT2D eigenvalue weighted by Gasteiger charge is 2.16. The standard InChI is InChI=1S/C9H17NO/c1-8(2)10-6-4-5-9(7-10)11-3/h4-5,8-9H,6-7H2,1-3H3. The number of rotatable bonds is 2. The van der Waals surface area contributed by atoms with Crippen molar-refractivity contribution in [2.45, 2.75) is 26.0 Å². The smallest absolute Gasteiger partial charge is 0.0879 e. The zero-order chi connectivity index (χ0) is 8.27. The van der Waals surface area contributed by atoms with Gasteiger partial charge < -0.3 is 4.74 Å². The SMILES string of the molecule is COC1C=CCN(C(C)C)C1. The van der Waals surface area contributed by atoms with Crippen LogP contribution in [-0.2, 0) is 4.74 Å². The van der Waals surface area contributed by atoms with E-state index in [0.717, 1.165) is 13.1 Å². The molecule has 1 heterocycles. The van der Waals surface area contributed by atoms with E-state index in [9.17, 15) is 0 Å². The van der Waals surface area contributed by atoms with Crippen molar-refractivity contribution in [2.24, 2.45) is 0 Å². The predicted octanol–water partition coefficient (Wildman–Crippen LogP) is 1.28. The van der Waals surface area contributed by atoms with Gasteiger partial charge >= 0.3 is 0 Å². The van der Waals surface area contributed by atoms with Crippen molar-refractivity contribution in [3.8, 4) is 0 Å². The molecular weight excluding hydrogens is 138 g/mol. The molecule has 0 spiro atoms. The molecule has 0 aromatic carbocycles. The van der Waals surface area contributed by atoms with Gasteiger partial charge in [-0.2, -0.15) is 0 Å². The largest absolute Gasteiger partial charge is 0.376 e. The maximum atomic E-state index is 5.24. The van der Waals surface area contributed by atoms with Crippen LogP contribution < -0.4 is 0 Å². The van der Waals surface area contributed by atoms with Crippen molar-refractivity contribution >= 4 is 0 Å². The highest BCUT2D eigenvalue weighted by molar-refractivity contribution is 4.98. The number of methoxy groups -OCH3 is 1. The van der Waals surface area contributed by atoms with Gasteiger partial charge in [-0.05, 0) is 13.8 Å². The minimum absolute atomic E-state index is 0.297. The summed E-state index contributed by atoms with van der Waals surface area (Å²) in [5, 5.41) is 0. The molecule has 1 aliphatic rings. The maximum Gasteiger partial charge on any atom is 0.0879 e. The zero-order valence-electron chi connectivity index (χ0n) is 7.58. The van der Waals surface area contributed by atoms with Gasteiger partial charge in [-0.1, -0.05) is 12.2 Å². The molecule has 0 bridgehead atoms. The first kappa shape index (κ1) is 8.75. The van der Waals surface area contributed by atoms with E-state index < -0.39 is 0 Å². The van der Waals surface area contributed by atoms with Crippen LogP contribution in [0, 0.1) is 0 Å². The maximum absolute atomic E-state index is 5.24. The monoisotopic (exact) mass is 155 g/mol. The van der Waals surface area contributed by atoms with Gasteiger partial charge in [-0.3, -0.25) is 4.90 Å². The van der Waals surface area contributed by atoms with Crippen LogP contribution in [0.2, 0.25) is 0 Å². The van der Waals surface area contributed by atoms with Crippen LogP contribution >= 0.6 is 0 Å². The number of nitrogens with zero attached hydrogens (tertiary/aromatic N) is 1. The number of hydrogen-bond donors (Lipinski definition) is 0. The second kappa shape index (κ2) is 3.88. The summed E-state index contributed by atoms with van der Waals surface area (Å²) >= 11 is 0. The lowest BCUT2D eigenvalue weighted by molar-refractivity contribution is 0.0808. The average molecular weight is 155 g/mol. The van der Waals surface area contributed by atoms with E-state index in [-0.39, 0.29) is 0 Å². The van der Waals surface area contributed by atoms with Gasteiger partial charge in [0, 0.05) is 26.2 Å². The Morgan fingerprint density at radius 3 is 2.82 bits per heavy atom. The molecule has 0 aromatic rings. The second-order valence-electron chi connectivity index (χ2n) is 3.25. The Kier molecular flexibility index (Phi) is 3.09. The van der Waals surface area contributed by atoms with Gasteiger partial charge in [0.1, 0.15) is 0 Å². The Morgan fingerprint density at radius 2 is 2.27 bits per heavy atom. The van der Waals surface area contributed by atoms with Crippen LogP contribution in [0.5, 0.6) is 0 Å². The van der Waals surface area contributed by atoms with Crippen LogP contribution in [0.15, 0.2) is 12.2 Å². The lowest BCUT2D eigenvalue weighted by Gasteiger charge is -2.30. The molecule has 0 fully saturated rings. The highest BCUT2D eigenvalue weighted by atomic mass is 16.5. The third kappa shape index (κ3) is 2.31. The van der Waals surface area contributed by atoms with Crippen LogP contribution in [0.3, 0.4) is 0 Å². The van der Waals surface area contributed by atoms with Crippen LogP contribution in [-0.4, -0.2) is 37.2 Å². The molecule has 0 N–H and O–H groups in total. The summed E-state index contributed by atoms with van der Waals surface area (Å²) in [5.74, 6) is 0. The fourth-order valence-electron chi connectivity index (χ4n) is 1.29. The molecule has 1 aliphatic heterocycles. The van der Waals surface area contributed by atoms with Crippen molar-refractivity contribution in [3.63, 3.8) is 0 Å². The summed E-state index contributed by atoms with van der Waals surface area (Å²) in [4.78, 5) is 2.40. The van der Waals surface area contributed by atoms with E-state index in [1.807, 2.05) is 0 Å². The third-order valence-corrected chi connectivity index (χ3v) is 2.14. The summed E-state index contributed by atoms with van der Waals surface area (Å²) < 4.78 is 5.24. The summed E-state index contributed by atoms with van der Waals surface area (Å²) in [5.41, 5.74) is 0. The Morgan fingerprint density at radius 1 is 1.55 bits per heavy atom. The normalized spacial score (nSPS) is 26.4. The first-order valence-corrected chi connectivity index (χ1v) is 4.17. The van der Waals surface area contributed by atoms with E-state index in [1.165, 1.54) is 0 Å². The van der Waals surface area contributed by atoms with E-state index in [1.54, 1.807) is 7.11 Å². The molecule has 0 aromatic heterocycles. The molecule has 0 aliphatic carbocycles. The molecule has 0 saturated heterocycles. The van der Waals surface area contributed by atoms with Crippen LogP contribution in [0.25, 0.3) is 0 Å². The fraction of sp³-hybridized carbons (Fsp3) is 0.778. The molecule has 2 heteroatoms. The van der Waals surface area contributed by atoms with Crippen molar-refractivity contribution in [1.29, 1.82) is 0 Å². The van der Waals surface area contributed by atoms with Crippen molar-refractivity contribution in [3.05, 3.63) is 12.2 Å². The van der Waals surface area contributed by atoms with E-state index >= 15 is 0 Å². The molecular formula is C9H17NO. The Balaban J connectivity index is 2.44. The number of ether oxygens (including phenoxy) is 1. The first-order valence-electron chi connectivity index (χ1n) is 4.17. The Bertz CT molecular complexity index is 142. The van der Waals surface area contributed by atoms with E-state index in [4.69, 9.17) is 4.74 Å². The number of hydrogen-bond acceptors (Lipinski definition) is 2. The Labute approximate surface area is 68.8 Å². The van der Waals surface area contributed by atoms with Crippen molar-refractivity contribution < 1.29 is 4.74 Å². The van der Waals surface area contributed by atoms with Gasteiger partial charge in [-0.15, -0.1) is 0 Å². The lowest BCUT2D eigenvalue weighted by atomic mass is 10.2. The molecule has 11 heavy (non-hydrogen) atoms. The average Bonchev–Trinajstić information content (AvgIpc) is 2.05. The molecule has 2 nitrogen and oxygen atoms in total. The minimum atomic E-state index is 0.297. The zero-order valence-corrected chi connectivity index (χ0v) is 7.58. The highest BCUT2D eigenvalue weighted by Crippen LogP contribution is 2.08. The van der Waals surface area contributed by atoms with E-state index in [0.29, 0.717) is 12.1 Å². The third-order valence-electron chi connectivity index (χ3n) is 2.14. The van der Waals surface area contributed by atoms with Gasteiger partial charge in [0.2, 0.25) is 0 Å². The van der Waals surface area contributed by atoms with Crippen molar-refractivity contribution in [1.82, 2.24) is 4.90 Å². The minimum Gasteiger partial charge on any atom is -0.376 e. The fourth-order valence-corrected chi connectivity index (χ4v) is 1.29.